The first kappa shape index (κ1) is 17.7. The Morgan fingerprint density at radius 3 is 2.69 bits per heavy atom. The number of amides is 1. The van der Waals surface area contributed by atoms with Crippen LogP contribution in [0.25, 0.3) is 11.3 Å². The molecule has 8 nitrogen and oxygen atoms in total. The van der Waals surface area contributed by atoms with Crippen LogP contribution in [0.15, 0.2) is 47.4 Å². The molecule has 3 aromatic rings. The molecule has 3 heterocycles. The van der Waals surface area contributed by atoms with Crippen LogP contribution in [0.2, 0.25) is 0 Å². The van der Waals surface area contributed by atoms with Crippen LogP contribution >= 0.6 is 0 Å². The quantitative estimate of drug-likeness (QED) is 0.695. The monoisotopic (exact) mass is 411 g/mol. The number of carbonyl (C=O) groups is 1. The maximum absolute atomic E-state index is 12.9. The van der Waals surface area contributed by atoms with Gasteiger partial charge in [-0.05, 0) is 18.2 Å². The molecule has 2 aliphatic heterocycles. The third kappa shape index (κ3) is 2.85. The molecule has 2 aliphatic rings. The fourth-order valence-electron chi connectivity index (χ4n) is 3.74. The van der Waals surface area contributed by atoms with Gasteiger partial charge in [0.25, 0.3) is 5.91 Å². The van der Waals surface area contributed by atoms with E-state index in [1.165, 1.54) is 0 Å². The Balaban J connectivity index is 1.53. The zero-order valence-electron chi connectivity index (χ0n) is 15.5. The second kappa shape index (κ2) is 6.35. The molecule has 1 aromatic heterocycles. The van der Waals surface area contributed by atoms with Gasteiger partial charge in [0, 0.05) is 29.9 Å². The van der Waals surface area contributed by atoms with Gasteiger partial charge >= 0.3 is 0 Å². The van der Waals surface area contributed by atoms with Crippen molar-refractivity contribution in [2.24, 2.45) is 7.05 Å². The molecule has 0 unspecified atom stereocenters. The molecule has 0 radical (unpaired) electrons. The normalized spacial score (nSPS) is 15.9. The van der Waals surface area contributed by atoms with Crippen molar-refractivity contribution in [2.45, 2.75) is 10.6 Å². The number of benzene rings is 2. The van der Waals surface area contributed by atoms with E-state index in [9.17, 15) is 13.2 Å². The van der Waals surface area contributed by atoms with Crippen molar-refractivity contribution < 1.29 is 22.7 Å². The number of nitrogens with one attached hydrogen (secondary N) is 1. The first-order valence-electron chi connectivity index (χ1n) is 9.03. The number of sulfone groups is 1. The van der Waals surface area contributed by atoms with E-state index < -0.39 is 15.7 Å². The second-order valence-electron chi connectivity index (χ2n) is 6.87. The van der Waals surface area contributed by atoms with Crippen LogP contribution in [0, 0.1) is 0 Å². The Morgan fingerprint density at radius 2 is 1.86 bits per heavy atom. The van der Waals surface area contributed by atoms with Crippen LogP contribution in [-0.2, 0) is 22.6 Å². The van der Waals surface area contributed by atoms with Gasteiger partial charge in [0.05, 0.1) is 16.3 Å². The zero-order valence-corrected chi connectivity index (χ0v) is 16.3. The van der Waals surface area contributed by atoms with Crippen molar-refractivity contribution in [1.29, 1.82) is 0 Å². The highest BCUT2D eigenvalue weighted by molar-refractivity contribution is 7.90. The van der Waals surface area contributed by atoms with E-state index in [1.54, 1.807) is 54.2 Å². The van der Waals surface area contributed by atoms with Gasteiger partial charge in [-0.2, -0.15) is 5.10 Å². The van der Waals surface area contributed by atoms with E-state index in [4.69, 9.17) is 9.47 Å². The largest absolute Gasteiger partial charge is 0.486 e. The average Bonchev–Trinajstić information content (AvgIpc) is 3.03. The minimum atomic E-state index is -3.55. The van der Waals surface area contributed by atoms with Gasteiger partial charge in [-0.1, -0.05) is 18.2 Å². The lowest BCUT2D eigenvalue weighted by Gasteiger charge is -2.19. The summed E-state index contributed by atoms with van der Waals surface area (Å²) < 4.78 is 38.1. The van der Waals surface area contributed by atoms with Crippen LogP contribution in [0.3, 0.4) is 0 Å². The SMILES string of the molecule is Cn1nc(C(=O)Nc2ccc3c(c2)OCCO3)c2c1-c1ccccc1S(=O)(=O)C2. The fraction of sp³-hybridized carbons (Fsp3) is 0.200. The Bertz CT molecular complexity index is 1260. The van der Waals surface area contributed by atoms with Crippen LogP contribution < -0.4 is 14.8 Å². The summed E-state index contributed by atoms with van der Waals surface area (Å²) in [7, 11) is -1.85. The Hall–Kier alpha value is -3.33. The Kier molecular flexibility index (Phi) is 3.88. The van der Waals surface area contributed by atoms with Gasteiger partial charge in [-0.3, -0.25) is 9.48 Å². The summed E-state index contributed by atoms with van der Waals surface area (Å²) in [5.74, 6) is 0.422. The van der Waals surface area contributed by atoms with Gasteiger partial charge in [0.2, 0.25) is 0 Å². The van der Waals surface area contributed by atoms with Crippen LogP contribution in [0.1, 0.15) is 16.1 Å². The highest BCUT2D eigenvalue weighted by atomic mass is 32.2. The van der Waals surface area contributed by atoms with E-state index >= 15 is 0 Å². The lowest BCUT2D eigenvalue weighted by molar-refractivity contribution is 0.102. The predicted octanol–water partition coefficient (Wildman–Crippen LogP) is 2.40. The molecular formula is C20H17N3O5S. The van der Waals surface area contributed by atoms with E-state index in [-0.39, 0.29) is 16.3 Å². The maximum Gasteiger partial charge on any atom is 0.276 e. The van der Waals surface area contributed by atoms with Crippen LogP contribution in [0.5, 0.6) is 11.5 Å². The first-order valence-corrected chi connectivity index (χ1v) is 10.7. The number of fused-ring (bicyclic) bond motifs is 4. The lowest BCUT2D eigenvalue weighted by Crippen LogP contribution is -2.19. The highest BCUT2D eigenvalue weighted by Gasteiger charge is 2.34. The lowest BCUT2D eigenvalue weighted by atomic mass is 10.1. The highest BCUT2D eigenvalue weighted by Crippen LogP contribution is 2.39. The van der Waals surface area contributed by atoms with Gasteiger partial charge in [-0.15, -0.1) is 0 Å². The zero-order chi connectivity index (χ0) is 20.2. The molecule has 1 amide bonds. The number of anilines is 1. The van der Waals surface area contributed by atoms with Crippen LogP contribution in [0.4, 0.5) is 5.69 Å². The second-order valence-corrected chi connectivity index (χ2v) is 8.83. The standard InChI is InChI=1S/C20H17N3O5S/c1-23-19-13-4-2-3-5-17(13)29(25,26)11-14(19)18(22-23)20(24)21-12-6-7-15-16(10-12)28-9-8-27-15/h2-7,10H,8-9,11H2,1H3,(H,21,24). The Labute approximate surface area is 167 Å². The van der Waals surface area contributed by atoms with E-state index in [1.807, 2.05) is 0 Å². The fourth-order valence-corrected chi connectivity index (χ4v) is 5.33. The van der Waals surface area contributed by atoms with E-state index in [2.05, 4.69) is 10.4 Å². The minimum absolute atomic E-state index is 0.0930. The summed E-state index contributed by atoms with van der Waals surface area (Å²) in [4.78, 5) is 13.2. The van der Waals surface area contributed by atoms with Crippen molar-refractivity contribution in [1.82, 2.24) is 9.78 Å². The minimum Gasteiger partial charge on any atom is -0.486 e. The number of hydrogen-bond donors (Lipinski definition) is 1. The van der Waals surface area contributed by atoms with E-state index in [0.29, 0.717) is 47.2 Å². The molecule has 0 saturated heterocycles. The third-order valence-electron chi connectivity index (χ3n) is 4.97. The molecule has 0 spiro atoms. The Morgan fingerprint density at radius 1 is 1.10 bits per heavy atom. The first-order chi connectivity index (χ1) is 13.9. The average molecular weight is 411 g/mol. The van der Waals surface area contributed by atoms with Crippen molar-refractivity contribution in [3.05, 3.63) is 53.7 Å². The van der Waals surface area contributed by atoms with Crippen molar-refractivity contribution in [3.63, 3.8) is 0 Å². The number of nitrogens with zero attached hydrogens (tertiary/aromatic N) is 2. The number of hydrogen-bond acceptors (Lipinski definition) is 6. The molecule has 9 heteroatoms. The molecule has 29 heavy (non-hydrogen) atoms. The molecule has 0 fully saturated rings. The summed E-state index contributed by atoms with van der Waals surface area (Å²) in [5.41, 5.74) is 2.21. The maximum atomic E-state index is 12.9. The number of aryl methyl sites for hydroxylation is 1. The number of carbonyl (C=O) groups excluding carboxylic acids is 1. The summed E-state index contributed by atoms with van der Waals surface area (Å²) in [6.45, 7) is 0.921. The van der Waals surface area contributed by atoms with Crippen molar-refractivity contribution in [2.75, 3.05) is 18.5 Å². The van der Waals surface area contributed by atoms with Gasteiger partial charge in [-0.25, -0.2) is 8.42 Å². The molecule has 0 saturated carbocycles. The summed E-state index contributed by atoms with van der Waals surface area (Å²) in [6.07, 6.45) is 0. The molecule has 1 N–H and O–H groups in total. The molecule has 0 bridgehead atoms. The molecule has 0 aliphatic carbocycles. The topological polar surface area (TPSA) is 99.5 Å². The summed E-state index contributed by atoms with van der Waals surface area (Å²) in [6, 6.07) is 11.9. The summed E-state index contributed by atoms with van der Waals surface area (Å²) >= 11 is 0. The molecule has 0 atom stereocenters. The van der Waals surface area contributed by atoms with Crippen molar-refractivity contribution >= 4 is 21.4 Å². The number of rotatable bonds is 2. The smallest absolute Gasteiger partial charge is 0.276 e. The van der Waals surface area contributed by atoms with Gasteiger partial charge in [0.15, 0.2) is 27.0 Å². The third-order valence-corrected chi connectivity index (χ3v) is 6.67. The van der Waals surface area contributed by atoms with Gasteiger partial charge in [0.1, 0.15) is 13.2 Å². The molecular weight excluding hydrogens is 394 g/mol. The van der Waals surface area contributed by atoms with Gasteiger partial charge < -0.3 is 14.8 Å². The van der Waals surface area contributed by atoms with E-state index in [0.717, 1.165) is 0 Å². The molecule has 148 valence electrons. The van der Waals surface area contributed by atoms with Crippen molar-refractivity contribution in [3.8, 4) is 22.8 Å². The summed E-state index contributed by atoms with van der Waals surface area (Å²) in [5, 5.41) is 7.10. The molecule has 5 rings (SSSR count). The number of aromatic nitrogens is 2. The van der Waals surface area contributed by atoms with Crippen LogP contribution in [-0.4, -0.2) is 37.3 Å². The molecule has 2 aromatic carbocycles. The number of ether oxygens (including phenoxy) is 2. The predicted molar refractivity (Wildman–Crippen MR) is 105 cm³/mol.